The number of fused-ring (bicyclic) bond motifs is 1. The third kappa shape index (κ3) is 5.08. The molecule has 5 rings (SSSR count). The van der Waals surface area contributed by atoms with Gasteiger partial charge in [0.25, 0.3) is 11.8 Å². The molecule has 2 heterocycles. The minimum atomic E-state index is -0.336. The van der Waals surface area contributed by atoms with Crippen molar-refractivity contribution in [3.05, 3.63) is 93.2 Å². The van der Waals surface area contributed by atoms with Crippen LogP contribution in [0.4, 0.5) is 0 Å². The molecule has 3 aromatic carbocycles. The van der Waals surface area contributed by atoms with Crippen molar-refractivity contribution in [2.45, 2.75) is 49.6 Å². The van der Waals surface area contributed by atoms with Gasteiger partial charge in [0, 0.05) is 0 Å². The van der Waals surface area contributed by atoms with Crippen molar-refractivity contribution in [1.82, 2.24) is 10.0 Å². The maximum atomic E-state index is 13.8. The Morgan fingerprint density at radius 2 is 1.38 bits per heavy atom. The van der Waals surface area contributed by atoms with Gasteiger partial charge in [-0.05, 0) is 36.1 Å². The average molecular weight is 533 g/mol. The molecular weight excluding hydrogens is 504 g/mol. The van der Waals surface area contributed by atoms with Crippen LogP contribution in [-0.4, -0.2) is 33.5 Å². The summed E-state index contributed by atoms with van der Waals surface area (Å²) >= 11 is 2.60. The first-order valence-corrected chi connectivity index (χ1v) is 13.9. The van der Waals surface area contributed by atoms with E-state index in [1.54, 1.807) is 0 Å². The highest BCUT2D eigenvalue weighted by Crippen LogP contribution is 2.60. The number of carbonyl (C=O) groups is 2. The molecule has 1 fully saturated rings. The summed E-state index contributed by atoms with van der Waals surface area (Å²) in [5.41, 5.74) is 2.70. The summed E-state index contributed by atoms with van der Waals surface area (Å²) in [6.45, 7) is 5.06. The first-order chi connectivity index (χ1) is 18.0. The van der Waals surface area contributed by atoms with Crippen molar-refractivity contribution in [3.63, 3.8) is 0 Å². The number of rotatable bonds is 8. The Labute approximate surface area is 225 Å². The topological polar surface area (TPSA) is 70.1 Å². The Morgan fingerprint density at radius 1 is 0.838 bits per heavy atom. The highest BCUT2D eigenvalue weighted by molar-refractivity contribution is 8.25. The maximum Gasteiger partial charge on any atom is 0.280 e. The Bertz CT molecular complexity index is 1300. The molecular formula is C29H28N2O4S2. The van der Waals surface area contributed by atoms with Crippen LogP contribution < -0.4 is 4.74 Å². The van der Waals surface area contributed by atoms with Gasteiger partial charge in [-0.15, -0.1) is 0 Å². The smallest absolute Gasteiger partial charge is 0.280 e. The maximum absolute atomic E-state index is 13.8. The molecule has 1 saturated heterocycles. The number of hydrazine groups is 1. The highest BCUT2D eigenvalue weighted by Gasteiger charge is 2.45. The molecule has 2 amide bonds. The standard InChI is InChI=1S/C29H28N2O4S2/c1-3-4-15-35-22-16-19(2)24(32)26-25(22)36-29(37-26)23-27(33)30(17-20-11-7-5-8-12-20)31(28(23)34)18-21-13-9-6-10-14-21/h5-14,16,32H,3-4,15,17-18H2,1-2H3. The fourth-order valence-electron chi connectivity index (χ4n) is 4.23. The van der Waals surface area contributed by atoms with Crippen LogP contribution in [0.25, 0.3) is 0 Å². The van der Waals surface area contributed by atoms with Gasteiger partial charge in [0.05, 0.1) is 33.7 Å². The minimum Gasteiger partial charge on any atom is -0.506 e. The van der Waals surface area contributed by atoms with Gasteiger partial charge in [-0.1, -0.05) is 97.5 Å². The van der Waals surface area contributed by atoms with E-state index in [2.05, 4.69) is 6.92 Å². The Balaban J connectivity index is 1.51. The van der Waals surface area contributed by atoms with E-state index in [1.165, 1.54) is 33.5 Å². The SMILES string of the molecule is CCCCOc1cc(C)c(O)c2c1SC(=C1C(=O)N(Cc3ccccc3)N(Cc3ccccc3)C1=O)S2. The van der Waals surface area contributed by atoms with E-state index >= 15 is 0 Å². The van der Waals surface area contributed by atoms with Gasteiger partial charge in [-0.3, -0.25) is 9.59 Å². The molecule has 0 aliphatic carbocycles. The summed E-state index contributed by atoms with van der Waals surface area (Å²) in [4.78, 5) is 29.0. The van der Waals surface area contributed by atoms with Crippen molar-refractivity contribution in [2.75, 3.05) is 6.61 Å². The molecule has 0 bridgehead atoms. The fourth-order valence-corrected chi connectivity index (χ4v) is 6.93. The fraction of sp³-hybridized carbons (Fsp3) is 0.241. The second kappa shape index (κ2) is 10.9. The zero-order valence-electron chi connectivity index (χ0n) is 20.8. The number of aryl methyl sites for hydroxylation is 1. The van der Waals surface area contributed by atoms with Crippen LogP contribution in [0.15, 0.2) is 86.3 Å². The first-order valence-electron chi connectivity index (χ1n) is 12.3. The highest BCUT2D eigenvalue weighted by atomic mass is 32.2. The van der Waals surface area contributed by atoms with Crippen LogP contribution in [0, 0.1) is 6.92 Å². The summed E-state index contributed by atoms with van der Waals surface area (Å²) in [6.07, 6.45) is 1.92. The molecule has 190 valence electrons. The zero-order valence-corrected chi connectivity index (χ0v) is 22.4. The van der Waals surface area contributed by atoms with E-state index in [9.17, 15) is 14.7 Å². The molecule has 2 aliphatic heterocycles. The second-order valence-electron chi connectivity index (χ2n) is 8.96. The Kier molecular flexibility index (Phi) is 7.48. The van der Waals surface area contributed by atoms with Crippen molar-refractivity contribution in [3.8, 4) is 11.5 Å². The number of amides is 2. The van der Waals surface area contributed by atoms with Crippen LogP contribution in [0.5, 0.6) is 11.5 Å². The number of hydrogen-bond donors (Lipinski definition) is 1. The van der Waals surface area contributed by atoms with Crippen molar-refractivity contribution in [2.24, 2.45) is 0 Å². The molecule has 0 spiro atoms. The summed E-state index contributed by atoms with van der Waals surface area (Å²) in [7, 11) is 0. The third-order valence-electron chi connectivity index (χ3n) is 6.25. The van der Waals surface area contributed by atoms with Crippen LogP contribution in [0.2, 0.25) is 0 Å². The van der Waals surface area contributed by atoms with Gasteiger partial charge in [0.15, 0.2) is 0 Å². The Hall–Kier alpha value is -3.36. The summed E-state index contributed by atoms with van der Waals surface area (Å²) < 4.78 is 6.60. The Morgan fingerprint density at radius 3 is 1.92 bits per heavy atom. The largest absolute Gasteiger partial charge is 0.506 e. The number of nitrogens with zero attached hydrogens (tertiary/aromatic N) is 2. The van der Waals surface area contributed by atoms with E-state index in [0.29, 0.717) is 27.1 Å². The molecule has 0 atom stereocenters. The molecule has 1 N–H and O–H groups in total. The monoisotopic (exact) mass is 532 g/mol. The van der Waals surface area contributed by atoms with Gasteiger partial charge in [0.2, 0.25) is 0 Å². The van der Waals surface area contributed by atoms with E-state index in [0.717, 1.165) is 28.9 Å². The van der Waals surface area contributed by atoms with E-state index in [4.69, 9.17) is 4.74 Å². The lowest BCUT2D eigenvalue weighted by molar-refractivity contribution is -0.149. The summed E-state index contributed by atoms with van der Waals surface area (Å²) in [6, 6.07) is 21.1. The number of thioether (sulfide) groups is 2. The number of hydrogen-bond acceptors (Lipinski definition) is 6. The second-order valence-corrected chi connectivity index (χ2v) is 11.3. The molecule has 6 nitrogen and oxygen atoms in total. The summed E-state index contributed by atoms with van der Waals surface area (Å²) in [5, 5.41) is 13.9. The van der Waals surface area contributed by atoms with Crippen molar-refractivity contribution >= 4 is 35.3 Å². The predicted octanol–water partition coefficient (Wildman–Crippen LogP) is 6.28. The number of phenols is 1. The molecule has 37 heavy (non-hydrogen) atoms. The average Bonchev–Trinajstić information content (AvgIpc) is 3.44. The third-order valence-corrected chi connectivity index (χ3v) is 8.87. The lowest BCUT2D eigenvalue weighted by Gasteiger charge is -2.27. The number of aromatic hydroxyl groups is 1. The molecule has 0 aromatic heterocycles. The number of carbonyl (C=O) groups excluding carboxylic acids is 2. The van der Waals surface area contributed by atoms with Gasteiger partial charge < -0.3 is 9.84 Å². The normalized spacial score (nSPS) is 15.1. The van der Waals surface area contributed by atoms with E-state index < -0.39 is 0 Å². The van der Waals surface area contributed by atoms with Crippen molar-refractivity contribution in [1.29, 1.82) is 0 Å². The van der Waals surface area contributed by atoms with Crippen LogP contribution in [-0.2, 0) is 22.7 Å². The van der Waals surface area contributed by atoms with Gasteiger partial charge in [-0.25, -0.2) is 10.0 Å². The van der Waals surface area contributed by atoms with Gasteiger partial charge in [-0.2, -0.15) is 0 Å². The lowest BCUT2D eigenvalue weighted by atomic mass is 10.2. The molecule has 0 saturated carbocycles. The lowest BCUT2D eigenvalue weighted by Crippen LogP contribution is -2.39. The number of ether oxygens (including phenoxy) is 1. The predicted molar refractivity (Wildman–Crippen MR) is 146 cm³/mol. The van der Waals surface area contributed by atoms with Crippen LogP contribution in [0.3, 0.4) is 0 Å². The zero-order chi connectivity index (χ0) is 25.9. The quantitative estimate of drug-likeness (QED) is 0.209. The molecule has 0 radical (unpaired) electrons. The minimum absolute atomic E-state index is 0.134. The van der Waals surface area contributed by atoms with Crippen molar-refractivity contribution < 1.29 is 19.4 Å². The molecule has 0 unspecified atom stereocenters. The van der Waals surface area contributed by atoms with Gasteiger partial charge >= 0.3 is 0 Å². The summed E-state index contributed by atoms with van der Waals surface area (Å²) in [5.74, 6) is 0.160. The number of unbranched alkanes of at least 4 members (excludes halogenated alkanes) is 1. The van der Waals surface area contributed by atoms with Crippen LogP contribution >= 0.6 is 23.5 Å². The van der Waals surface area contributed by atoms with E-state index in [1.807, 2.05) is 73.7 Å². The van der Waals surface area contributed by atoms with Crippen LogP contribution in [0.1, 0.15) is 36.5 Å². The molecule has 2 aliphatic rings. The first kappa shape index (κ1) is 25.3. The molecule has 3 aromatic rings. The number of benzene rings is 3. The molecule has 8 heteroatoms. The number of phenolic OH excluding ortho intramolecular Hbond substituents is 1. The van der Waals surface area contributed by atoms with Gasteiger partial charge in [0.1, 0.15) is 17.1 Å². The van der Waals surface area contributed by atoms with E-state index in [-0.39, 0.29) is 36.2 Å².